The van der Waals surface area contributed by atoms with Crippen LogP contribution in [0, 0.1) is 0 Å². The number of carbonyl (C=O) groups excluding carboxylic acids is 1. The lowest BCUT2D eigenvalue weighted by atomic mass is 10.0. The zero-order valence-corrected chi connectivity index (χ0v) is 8.88. The van der Waals surface area contributed by atoms with Crippen molar-refractivity contribution in [2.45, 2.75) is 11.5 Å². The third kappa shape index (κ3) is 1.46. The van der Waals surface area contributed by atoms with E-state index >= 15 is 0 Å². The van der Waals surface area contributed by atoms with Crippen molar-refractivity contribution in [1.29, 1.82) is 0 Å². The average molecular weight is 262 g/mol. The largest absolute Gasteiger partial charge is 0.473 e. The number of ether oxygens (including phenoxy) is 1. The Bertz CT molecular complexity index is 353. The molecule has 0 aromatic heterocycles. The number of aldehydes is 1. The van der Waals surface area contributed by atoms with Crippen molar-refractivity contribution in [3.05, 3.63) is 28.2 Å². The van der Waals surface area contributed by atoms with Gasteiger partial charge >= 0.3 is 0 Å². The highest BCUT2D eigenvalue weighted by Gasteiger charge is 2.32. The number of halogens is 2. The Morgan fingerprint density at radius 2 is 2.31 bits per heavy atom. The third-order valence-electron chi connectivity index (χ3n) is 2.00. The minimum atomic E-state index is -0.568. The fourth-order valence-electron chi connectivity index (χ4n) is 1.36. The Hall–Kier alpha value is -0.540. The standard InChI is InChI=1S/C9H6BrClO2/c10-5-1-2-8-6(3-5)7(4-12)9(11)13-8/h1-4,7,9H/t7-,9?/m0/s1. The van der Waals surface area contributed by atoms with Crippen LogP contribution < -0.4 is 4.74 Å². The second-order valence-corrected chi connectivity index (χ2v) is 4.16. The van der Waals surface area contributed by atoms with Crippen LogP contribution in [0.2, 0.25) is 0 Å². The van der Waals surface area contributed by atoms with Gasteiger partial charge in [0.15, 0.2) is 5.56 Å². The second-order valence-electron chi connectivity index (χ2n) is 2.81. The highest BCUT2D eigenvalue weighted by Crippen LogP contribution is 2.39. The van der Waals surface area contributed by atoms with Gasteiger partial charge in [0.25, 0.3) is 0 Å². The molecule has 68 valence electrons. The number of alkyl halides is 1. The van der Waals surface area contributed by atoms with Crippen molar-refractivity contribution in [3.8, 4) is 5.75 Å². The maximum Gasteiger partial charge on any atom is 0.185 e. The molecule has 1 aliphatic heterocycles. The summed E-state index contributed by atoms with van der Waals surface area (Å²) in [5.74, 6) is 0.342. The van der Waals surface area contributed by atoms with Crippen molar-refractivity contribution in [1.82, 2.24) is 0 Å². The maximum absolute atomic E-state index is 10.7. The number of hydrogen-bond acceptors (Lipinski definition) is 2. The summed E-state index contributed by atoms with van der Waals surface area (Å²) >= 11 is 9.15. The van der Waals surface area contributed by atoms with E-state index in [1.807, 2.05) is 12.1 Å². The van der Waals surface area contributed by atoms with Gasteiger partial charge in [0.1, 0.15) is 12.0 Å². The number of fused-ring (bicyclic) bond motifs is 1. The molecule has 0 radical (unpaired) electrons. The van der Waals surface area contributed by atoms with Gasteiger partial charge in [0.2, 0.25) is 0 Å². The molecule has 1 aromatic carbocycles. The van der Waals surface area contributed by atoms with E-state index in [2.05, 4.69) is 15.9 Å². The molecule has 0 saturated carbocycles. The van der Waals surface area contributed by atoms with E-state index in [0.717, 1.165) is 16.3 Å². The maximum atomic E-state index is 10.7. The molecule has 13 heavy (non-hydrogen) atoms. The molecule has 0 spiro atoms. The fraction of sp³-hybridized carbons (Fsp3) is 0.222. The summed E-state index contributed by atoms with van der Waals surface area (Å²) in [6.07, 6.45) is 0.815. The van der Waals surface area contributed by atoms with E-state index in [-0.39, 0.29) is 5.92 Å². The minimum absolute atomic E-state index is 0.353. The van der Waals surface area contributed by atoms with Gasteiger partial charge < -0.3 is 9.53 Å². The first-order valence-electron chi connectivity index (χ1n) is 3.78. The zero-order chi connectivity index (χ0) is 9.42. The molecule has 1 aliphatic rings. The molecule has 0 aliphatic carbocycles. The molecule has 4 heteroatoms. The predicted molar refractivity (Wildman–Crippen MR) is 53.2 cm³/mol. The van der Waals surface area contributed by atoms with Gasteiger partial charge in [0, 0.05) is 10.0 Å². The Labute approximate surface area is 89.0 Å². The van der Waals surface area contributed by atoms with Crippen LogP contribution in [0.25, 0.3) is 0 Å². The van der Waals surface area contributed by atoms with Gasteiger partial charge in [-0.3, -0.25) is 0 Å². The average Bonchev–Trinajstić information content (AvgIpc) is 2.40. The first kappa shape index (κ1) is 9.03. The van der Waals surface area contributed by atoms with Crippen molar-refractivity contribution < 1.29 is 9.53 Å². The Balaban J connectivity index is 2.49. The number of rotatable bonds is 1. The number of hydrogen-bond donors (Lipinski definition) is 0. The minimum Gasteiger partial charge on any atom is -0.473 e. The Kier molecular flexibility index (Phi) is 2.30. The van der Waals surface area contributed by atoms with Crippen molar-refractivity contribution in [2.24, 2.45) is 0 Å². The van der Waals surface area contributed by atoms with Crippen molar-refractivity contribution >= 4 is 33.8 Å². The molecule has 2 atom stereocenters. The first-order chi connectivity index (χ1) is 6.22. The van der Waals surface area contributed by atoms with Crippen LogP contribution in [0.4, 0.5) is 0 Å². The van der Waals surface area contributed by atoms with Crippen LogP contribution in [0.15, 0.2) is 22.7 Å². The van der Waals surface area contributed by atoms with Crippen LogP contribution >= 0.6 is 27.5 Å². The summed E-state index contributed by atoms with van der Waals surface area (Å²) in [4.78, 5) is 10.7. The topological polar surface area (TPSA) is 26.3 Å². The van der Waals surface area contributed by atoms with Gasteiger partial charge in [-0.2, -0.15) is 0 Å². The molecule has 0 N–H and O–H groups in total. The zero-order valence-electron chi connectivity index (χ0n) is 6.54. The number of carbonyl (C=O) groups is 1. The van der Waals surface area contributed by atoms with Gasteiger partial charge in [-0.05, 0) is 18.2 Å². The van der Waals surface area contributed by atoms with Gasteiger partial charge in [0.05, 0.1) is 5.92 Å². The second kappa shape index (κ2) is 3.31. The van der Waals surface area contributed by atoms with Gasteiger partial charge in [-0.25, -0.2) is 0 Å². The molecular weight excluding hydrogens is 255 g/mol. The summed E-state index contributed by atoms with van der Waals surface area (Å²) in [5, 5.41) is 0. The summed E-state index contributed by atoms with van der Waals surface area (Å²) in [5.41, 5.74) is 0.283. The molecule has 0 saturated heterocycles. The highest BCUT2D eigenvalue weighted by molar-refractivity contribution is 9.10. The highest BCUT2D eigenvalue weighted by atomic mass is 79.9. The SMILES string of the molecule is O=C[C@H]1c2cc(Br)ccc2OC1Cl. The number of benzene rings is 1. The molecule has 1 unspecified atom stereocenters. The van der Waals surface area contributed by atoms with E-state index in [0.29, 0.717) is 5.75 Å². The lowest BCUT2D eigenvalue weighted by Gasteiger charge is -2.03. The predicted octanol–water partition coefficient (Wildman–Crippen LogP) is 2.69. The summed E-state index contributed by atoms with van der Waals surface area (Å²) < 4.78 is 6.20. The van der Waals surface area contributed by atoms with Crippen LogP contribution in [0.3, 0.4) is 0 Å². The third-order valence-corrected chi connectivity index (χ3v) is 2.85. The van der Waals surface area contributed by atoms with Crippen LogP contribution in [0.1, 0.15) is 11.5 Å². The molecule has 0 amide bonds. The quantitative estimate of drug-likeness (QED) is 0.574. The lowest BCUT2D eigenvalue weighted by Crippen LogP contribution is -2.11. The van der Waals surface area contributed by atoms with Crippen LogP contribution in [0.5, 0.6) is 5.75 Å². The van der Waals surface area contributed by atoms with Crippen LogP contribution in [-0.4, -0.2) is 11.8 Å². The van der Waals surface area contributed by atoms with Crippen molar-refractivity contribution in [3.63, 3.8) is 0 Å². The summed E-state index contributed by atoms with van der Waals surface area (Å²) in [6.45, 7) is 0. The van der Waals surface area contributed by atoms with E-state index in [9.17, 15) is 4.79 Å². The van der Waals surface area contributed by atoms with Crippen LogP contribution in [-0.2, 0) is 4.79 Å². The van der Waals surface area contributed by atoms with Crippen molar-refractivity contribution in [2.75, 3.05) is 0 Å². The molecule has 0 bridgehead atoms. The smallest absolute Gasteiger partial charge is 0.185 e. The molecule has 1 heterocycles. The fourth-order valence-corrected chi connectivity index (χ4v) is 2.03. The Morgan fingerprint density at radius 3 is 3.00 bits per heavy atom. The van der Waals surface area contributed by atoms with E-state index in [1.165, 1.54) is 0 Å². The molecule has 2 rings (SSSR count). The summed E-state index contributed by atoms with van der Waals surface area (Å²) in [7, 11) is 0. The van der Waals surface area contributed by atoms with Gasteiger partial charge in [-0.15, -0.1) is 0 Å². The normalized spacial score (nSPS) is 25.1. The Morgan fingerprint density at radius 1 is 1.54 bits per heavy atom. The van der Waals surface area contributed by atoms with E-state index < -0.39 is 5.56 Å². The molecular formula is C9H6BrClO2. The van der Waals surface area contributed by atoms with E-state index in [1.54, 1.807) is 6.07 Å². The molecule has 1 aromatic rings. The first-order valence-corrected chi connectivity index (χ1v) is 5.01. The molecule has 0 fully saturated rings. The molecule has 2 nitrogen and oxygen atoms in total. The lowest BCUT2D eigenvalue weighted by molar-refractivity contribution is -0.109. The van der Waals surface area contributed by atoms with E-state index in [4.69, 9.17) is 16.3 Å². The monoisotopic (exact) mass is 260 g/mol. The van der Waals surface area contributed by atoms with Gasteiger partial charge in [-0.1, -0.05) is 27.5 Å². The summed E-state index contributed by atoms with van der Waals surface area (Å²) in [6, 6.07) is 5.52.